The van der Waals surface area contributed by atoms with Crippen LogP contribution in [-0.4, -0.2) is 28.4 Å². The Kier molecular flexibility index (Phi) is 3.52. The normalized spacial score (nSPS) is 17.5. The van der Waals surface area contributed by atoms with Crippen molar-refractivity contribution in [1.82, 2.24) is 18.8 Å². The fraction of sp³-hybridized carbons (Fsp3) is 0.500. The summed E-state index contributed by atoms with van der Waals surface area (Å²) in [6, 6.07) is 1.69. The zero-order chi connectivity index (χ0) is 16.9. The number of amides is 1. The lowest BCUT2D eigenvalue weighted by Gasteiger charge is -2.27. The minimum absolute atomic E-state index is 0.0736. The molecule has 0 radical (unpaired) electrons. The van der Waals surface area contributed by atoms with E-state index in [0.717, 1.165) is 43.6 Å². The number of nitrogens with zero attached hydrogens (tertiary/aromatic N) is 3. The predicted octanol–water partition coefficient (Wildman–Crippen LogP) is 1.55. The predicted molar refractivity (Wildman–Crippen MR) is 87.2 cm³/mol. The molecule has 0 saturated heterocycles. The van der Waals surface area contributed by atoms with Crippen LogP contribution in [0.15, 0.2) is 23.5 Å². The van der Waals surface area contributed by atoms with Gasteiger partial charge in [-0.25, -0.2) is 9.71 Å². The number of nitrogens with one attached hydrogen (secondary N) is 1. The molecule has 7 nitrogen and oxygen atoms in total. The Labute approximate surface area is 140 Å². The fourth-order valence-corrected chi connectivity index (χ4v) is 4.73. The van der Waals surface area contributed by atoms with Crippen molar-refractivity contribution in [3.8, 4) is 0 Å². The van der Waals surface area contributed by atoms with Crippen molar-refractivity contribution >= 4 is 15.9 Å². The summed E-state index contributed by atoms with van der Waals surface area (Å²) in [6.45, 7) is 0.623. The van der Waals surface area contributed by atoms with Crippen molar-refractivity contribution in [2.75, 3.05) is 0 Å². The Hall–Kier alpha value is -2.09. The van der Waals surface area contributed by atoms with E-state index in [2.05, 4.69) is 9.71 Å². The van der Waals surface area contributed by atoms with E-state index in [-0.39, 0.29) is 5.03 Å². The van der Waals surface area contributed by atoms with E-state index in [1.165, 1.54) is 6.20 Å². The van der Waals surface area contributed by atoms with Crippen LogP contribution in [0, 0.1) is 0 Å². The quantitative estimate of drug-likeness (QED) is 0.908. The van der Waals surface area contributed by atoms with Crippen molar-refractivity contribution in [3.63, 3.8) is 0 Å². The third-order valence-corrected chi connectivity index (χ3v) is 6.37. The molecular weight excluding hydrogens is 328 g/mol. The van der Waals surface area contributed by atoms with Gasteiger partial charge in [0.05, 0.1) is 11.8 Å². The zero-order valence-corrected chi connectivity index (χ0v) is 14.3. The number of aryl methyl sites for hydroxylation is 2. The molecule has 1 N–H and O–H groups in total. The highest BCUT2D eigenvalue weighted by atomic mass is 32.2. The Morgan fingerprint density at radius 2 is 2.12 bits per heavy atom. The maximum atomic E-state index is 12.6. The first kappa shape index (κ1) is 15.4. The Morgan fingerprint density at radius 3 is 2.83 bits per heavy atom. The summed E-state index contributed by atoms with van der Waals surface area (Å²) >= 11 is 0. The zero-order valence-electron chi connectivity index (χ0n) is 13.5. The van der Waals surface area contributed by atoms with Crippen molar-refractivity contribution in [3.05, 3.63) is 35.5 Å². The van der Waals surface area contributed by atoms with E-state index in [1.807, 2.05) is 17.8 Å². The first-order valence-corrected chi connectivity index (χ1v) is 9.72. The molecule has 0 atom stereocenters. The van der Waals surface area contributed by atoms with Gasteiger partial charge >= 0.3 is 0 Å². The number of hydrogen-bond donors (Lipinski definition) is 1. The number of hydrogen-bond acceptors (Lipinski definition) is 4. The molecule has 2 aromatic rings. The van der Waals surface area contributed by atoms with E-state index in [0.29, 0.717) is 18.0 Å². The first-order valence-electron chi connectivity index (χ1n) is 8.24. The first-order chi connectivity index (χ1) is 11.5. The molecule has 8 heteroatoms. The van der Waals surface area contributed by atoms with E-state index in [9.17, 15) is 13.2 Å². The van der Waals surface area contributed by atoms with Crippen LogP contribution in [0.2, 0.25) is 0 Å². The number of sulfonamides is 1. The van der Waals surface area contributed by atoms with Gasteiger partial charge in [-0.3, -0.25) is 4.79 Å². The van der Waals surface area contributed by atoms with Gasteiger partial charge in [0, 0.05) is 31.9 Å². The van der Waals surface area contributed by atoms with E-state index in [4.69, 9.17) is 0 Å². The third kappa shape index (κ3) is 2.36. The van der Waals surface area contributed by atoms with Gasteiger partial charge in [0.25, 0.3) is 15.9 Å². The SMILES string of the molecule is Cn1ccc(C(=O)NS(=O)(=O)c2cnc3n2CCC3)c1C1CCC1. The van der Waals surface area contributed by atoms with Crippen LogP contribution in [0.25, 0.3) is 0 Å². The molecule has 128 valence electrons. The van der Waals surface area contributed by atoms with Crippen molar-refractivity contribution in [1.29, 1.82) is 0 Å². The van der Waals surface area contributed by atoms with Crippen molar-refractivity contribution in [2.45, 2.75) is 49.6 Å². The minimum Gasteiger partial charge on any atom is -0.353 e. The number of carbonyl (C=O) groups excluding carboxylic acids is 1. The molecule has 4 rings (SSSR count). The smallest absolute Gasteiger partial charge is 0.281 e. The summed E-state index contributed by atoms with van der Waals surface area (Å²) in [4.78, 5) is 16.7. The minimum atomic E-state index is -3.92. The molecular formula is C16H20N4O3S. The second kappa shape index (κ2) is 5.47. The van der Waals surface area contributed by atoms with Crippen LogP contribution < -0.4 is 4.72 Å². The highest BCUT2D eigenvalue weighted by Gasteiger charge is 2.31. The Balaban J connectivity index is 1.62. The van der Waals surface area contributed by atoms with Crippen molar-refractivity contribution < 1.29 is 13.2 Å². The maximum Gasteiger partial charge on any atom is 0.281 e. The topological polar surface area (TPSA) is 86.0 Å². The largest absolute Gasteiger partial charge is 0.353 e. The molecule has 1 aliphatic heterocycles. The van der Waals surface area contributed by atoms with Crippen LogP contribution in [0.1, 0.15) is 53.5 Å². The summed E-state index contributed by atoms with van der Waals surface area (Å²) in [5.41, 5.74) is 1.37. The highest BCUT2D eigenvalue weighted by molar-refractivity contribution is 7.90. The molecule has 1 fully saturated rings. The molecule has 2 aliphatic rings. The van der Waals surface area contributed by atoms with Crippen LogP contribution in [-0.2, 0) is 30.0 Å². The number of imidazole rings is 1. The number of fused-ring (bicyclic) bond motifs is 1. The molecule has 2 aromatic heterocycles. The number of aromatic nitrogens is 3. The Morgan fingerprint density at radius 1 is 1.33 bits per heavy atom. The summed E-state index contributed by atoms with van der Waals surface area (Å²) < 4.78 is 31.0. The van der Waals surface area contributed by atoms with E-state index in [1.54, 1.807) is 10.6 Å². The molecule has 0 unspecified atom stereocenters. The second-order valence-electron chi connectivity index (χ2n) is 6.56. The standard InChI is InChI=1S/C16H20N4O3S/c1-19-9-7-12(15(19)11-4-2-5-11)16(21)18-24(22,23)14-10-17-13-6-3-8-20(13)14/h7,9-11H,2-6,8H2,1H3,(H,18,21). The highest BCUT2D eigenvalue weighted by Crippen LogP contribution is 2.38. The van der Waals surface area contributed by atoms with Gasteiger partial charge in [0.1, 0.15) is 5.82 Å². The van der Waals surface area contributed by atoms with Gasteiger partial charge in [-0.05, 0) is 31.2 Å². The fourth-order valence-electron chi connectivity index (χ4n) is 3.60. The van der Waals surface area contributed by atoms with Crippen LogP contribution in [0.3, 0.4) is 0 Å². The van der Waals surface area contributed by atoms with Gasteiger partial charge in [0.2, 0.25) is 0 Å². The second-order valence-corrected chi connectivity index (χ2v) is 8.19. The van der Waals surface area contributed by atoms with Crippen LogP contribution in [0.4, 0.5) is 0 Å². The number of rotatable bonds is 4. The molecule has 1 amide bonds. The Bertz CT molecular complexity index is 906. The third-order valence-electron chi connectivity index (χ3n) is 5.04. The summed E-state index contributed by atoms with van der Waals surface area (Å²) in [5, 5.41) is 0.0736. The van der Waals surface area contributed by atoms with Gasteiger partial charge in [-0.1, -0.05) is 6.42 Å². The molecule has 3 heterocycles. The molecule has 1 aliphatic carbocycles. The molecule has 1 saturated carbocycles. The molecule has 0 aromatic carbocycles. The lowest BCUT2D eigenvalue weighted by atomic mass is 9.81. The summed E-state index contributed by atoms with van der Waals surface area (Å²) in [6.07, 6.45) is 8.03. The van der Waals surface area contributed by atoms with Crippen LogP contribution >= 0.6 is 0 Å². The average molecular weight is 348 g/mol. The van der Waals surface area contributed by atoms with Gasteiger partial charge in [-0.2, -0.15) is 8.42 Å². The molecule has 24 heavy (non-hydrogen) atoms. The van der Waals surface area contributed by atoms with Crippen molar-refractivity contribution in [2.24, 2.45) is 7.05 Å². The number of carbonyl (C=O) groups is 1. The monoisotopic (exact) mass is 348 g/mol. The average Bonchev–Trinajstić information content (AvgIpc) is 3.12. The lowest BCUT2D eigenvalue weighted by molar-refractivity contribution is 0.0979. The van der Waals surface area contributed by atoms with Gasteiger partial charge < -0.3 is 9.13 Å². The van der Waals surface area contributed by atoms with Gasteiger partial charge in [0.15, 0.2) is 5.03 Å². The molecule has 0 spiro atoms. The lowest BCUT2D eigenvalue weighted by Crippen LogP contribution is -2.33. The van der Waals surface area contributed by atoms with Gasteiger partial charge in [-0.15, -0.1) is 0 Å². The maximum absolute atomic E-state index is 12.6. The van der Waals surface area contributed by atoms with E-state index >= 15 is 0 Å². The summed E-state index contributed by atoms with van der Waals surface area (Å²) in [7, 11) is -2.03. The molecule has 0 bridgehead atoms. The summed E-state index contributed by atoms with van der Waals surface area (Å²) in [5.74, 6) is 0.538. The van der Waals surface area contributed by atoms with Crippen LogP contribution in [0.5, 0.6) is 0 Å². The van der Waals surface area contributed by atoms with E-state index < -0.39 is 15.9 Å².